The van der Waals surface area contributed by atoms with E-state index in [4.69, 9.17) is 10.1 Å². The lowest BCUT2D eigenvalue weighted by molar-refractivity contribution is 0.116. The predicted octanol–water partition coefficient (Wildman–Crippen LogP) is 1.97. The normalized spacial score (nSPS) is 18.6. The van der Waals surface area contributed by atoms with E-state index < -0.39 is 5.54 Å². The van der Waals surface area contributed by atoms with E-state index in [0.29, 0.717) is 19.0 Å². The Bertz CT molecular complexity index is 285. The second-order valence-corrected chi connectivity index (χ2v) is 4.48. The lowest BCUT2D eigenvalue weighted by Gasteiger charge is -2.36. The van der Waals surface area contributed by atoms with Gasteiger partial charge in [0, 0.05) is 13.7 Å². The summed E-state index contributed by atoms with van der Waals surface area (Å²) in [5, 5.41) is 10.7. The number of hydrogen-bond acceptors (Lipinski definition) is 3. The van der Waals surface area contributed by atoms with Crippen molar-refractivity contribution in [1.82, 2.24) is 10.2 Å². The predicted molar refractivity (Wildman–Crippen MR) is 67.4 cm³/mol. The Morgan fingerprint density at radius 3 is 2.41 bits per heavy atom. The maximum Gasteiger partial charge on any atom is 0.323 e. The Balaban J connectivity index is 2.93. The molecule has 0 aromatic carbocycles. The highest BCUT2D eigenvalue weighted by molar-refractivity contribution is 6.08. The van der Waals surface area contributed by atoms with E-state index in [2.05, 4.69) is 19.2 Å². The number of hydrogen-bond donors (Lipinski definition) is 2. The van der Waals surface area contributed by atoms with Gasteiger partial charge in [-0.15, -0.1) is 0 Å². The van der Waals surface area contributed by atoms with Crippen LogP contribution in [0.1, 0.15) is 39.5 Å². The Labute approximate surface area is 103 Å². The molecule has 2 N–H and O–H groups in total. The zero-order chi connectivity index (χ0) is 12.9. The number of carbonyl (C=O) groups is 1. The first kappa shape index (κ1) is 14.0. The molecule has 1 heterocycles. The van der Waals surface area contributed by atoms with Crippen molar-refractivity contribution in [1.29, 1.82) is 5.41 Å². The number of rotatable bonds is 7. The number of amidine groups is 1. The first-order chi connectivity index (χ1) is 8.12. The lowest BCUT2D eigenvalue weighted by Crippen LogP contribution is -2.50. The molecule has 2 amide bonds. The van der Waals surface area contributed by atoms with Crippen LogP contribution in [0.15, 0.2) is 0 Å². The van der Waals surface area contributed by atoms with Gasteiger partial charge in [-0.1, -0.05) is 26.7 Å². The molecule has 0 aliphatic carbocycles. The molecule has 5 heteroatoms. The van der Waals surface area contributed by atoms with Crippen LogP contribution in [0.3, 0.4) is 0 Å². The van der Waals surface area contributed by atoms with E-state index in [9.17, 15) is 4.79 Å². The zero-order valence-electron chi connectivity index (χ0n) is 11.0. The number of amides is 2. The van der Waals surface area contributed by atoms with E-state index >= 15 is 0 Å². The Hall–Kier alpha value is -1.10. The molecule has 0 atom stereocenters. The molecule has 1 aliphatic heterocycles. The van der Waals surface area contributed by atoms with Gasteiger partial charge in [-0.2, -0.15) is 0 Å². The molecule has 0 saturated carbocycles. The number of nitrogens with one attached hydrogen (secondary N) is 2. The third-order valence-electron chi connectivity index (χ3n) is 3.31. The summed E-state index contributed by atoms with van der Waals surface area (Å²) in [4.78, 5) is 13.6. The molecule has 0 aromatic rings. The summed E-state index contributed by atoms with van der Waals surface area (Å²) in [6.45, 7) is 5.23. The number of urea groups is 1. The second-order valence-electron chi connectivity index (χ2n) is 4.48. The van der Waals surface area contributed by atoms with Crippen molar-refractivity contribution in [2.45, 2.75) is 45.1 Å². The summed E-state index contributed by atoms with van der Waals surface area (Å²) >= 11 is 0. The summed E-state index contributed by atoms with van der Waals surface area (Å²) in [5.41, 5.74) is -0.431. The SMILES string of the molecule is CCCC1(CCC)C(=N)NC(=O)N1CCOC. The first-order valence-corrected chi connectivity index (χ1v) is 6.29. The topological polar surface area (TPSA) is 65.4 Å². The number of carbonyl (C=O) groups excluding carboxylic acids is 1. The van der Waals surface area contributed by atoms with Crippen molar-refractivity contribution >= 4 is 11.9 Å². The van der Waals surface area contributed by atoms with Crippen LogP contribution in [-0.2, 0) is 4.74 Å². The van der Waals surface area contributed by atoms with E-state index in [1.165, 1.54) is 0 Å². The maximum atomic E-state index is 11.9. The van der Waals surface area contributed by atoms with Crippen LogP contribution in [0, 0.1) is 5.41 Å². The van der Waals surface area contributed by atoms with Gasteiger partial charge in [-0.25, -0.2) is 4.79 Å². The molecule has 0 bridgehead atoms. The minimum atomic E-state index is -0.431. The van der Waals surface area contributed by atoms with Gasteiger partial charge in [0.2, 0.25) is 0 Å². The summed E-state index contributed by atoms with van der Waals surface area (Å²) in [6.07, 6.45) is 3.59. The third-order valence-corrected chi connectivity index (χ3v) is 3.31. The fourth-order valence-electron chi connectivity index (χ4n) is 2.59. The molecule has 1 saturated heterocycles. The third kappa shape index (κ3) is 2.60. The van der Waals surface area contributed by atoms with Crippen molar-refractivity contribution in [2.24, 2.45) is 0 Å². The van der Waals surface area contributed by atoms with E-state index in [0.717, 1.165) is 25.7 Å². The van der Waals surface area contributed by atoms with Gasteiger partial charge >= 0.3 is 6.03 Å². The Kier molecular flexibility index (Phi) is 4.93. The summed E-state index contributed by atoms with van der Waals surface area (Å²) in [7, 11) is 1.63. The quantitative estimate of drug-likeness (QED) is 0.715. The largest absolute Gasteiger partial charge is 0.383 e. The summed E-state index contributed by atoms with van der Waals surface area (Å²) in [5.74, 6) is 0.349. The summed E-state index contributed by atoms with van der Waals surface area (Å²) < 4.78 is 5.04. The standard InChI is InChI=1S/C12H23N3O2/c1-4-6-12(7-5-2)10(13)14-11(16)15(12)8-9-17-3/h4-9H2,1-3H3,(H2,13,14,16). The number of nitrogens with zero attached hydrogens (tertiary/aromatic N) is 1. The number of ether oxygens (including phenoxy) is 1. The smallest absolute Gasteiger partial charge is 0.323 e. The first-order valence-electron chi connectivity index (χ1n) is 6.29. The molecule has 1 fully saturated rings. The van der Waals surface area contributed by atoms with Crippen molar-refractivity contribution < 1.29 is 9.53 Å². The highest BCUT2D eigenvalue weighted by Gasteiger charge is 2.48. The molecule has 17 heavy (non-hydrogen) atoms. The van der Waals surface area contributed by atoms with Crippen molar-refractivity contribution in [3.63, 3.8) is 0 Å². The molecule has 98 valence electrons. The van der Waals surface area contributed by atoms with Gasteiger partial charge in [0.25, 0.3) is 0 Å². The lowest BCUT2D eigenvalue weighted by atomic mass is 9.87. The number of methoxy groups -OCH3 is 1. The van der Waals surface area contributed by atoms with Gasteiger partial charge in [0.05, 0.1) is 6.61 Å². The van der Waals surface area contributed by atoms with Crippen molar-refractivity contribution in [3.05, 3.63) is 0 Å². The molecule has 5 nitrogen and oxygen atoms in total. The van der Waals surface area contributed by atoms with Crippen LogP contribution in [0.25, 0.3) is 0 Å². The van der Waals surface area contributed by atoms with Gasteiger partial charge in [-0.3, -0.25) is 10.7 Å². The molecule has 1 aliphatic rings. The molecule has 0 unspecified atom stereocenters. The van der Waals surface area contributed by atoms with Crippen molar-refractivity contribution in [3.8, 4) is 0 Å². The van der Waals surface area contributed by atoms with E-state index in [-0.39, 0.29) is 6.03 Å². The minimum absolute atomic E-state index is 0.158. The average Bonchev–Trinajstić information content (AvgIpc) is 2.50. The zero-order valence-corrected chi connectivity index (χ0v) is 11.0. The second kappa shape index (κ2) is 6.00. The van der Waals surface area contributed by atoms with Crippen molar-refractivity contribution in [2.75, 3.05) is 20.3 Å². The Morgan fingerprint density at radius 1 is 1.35 bits per heavy atom. The van der Waals surface area contributed by atoms with Gasteiger partial charge < -0.3 is 9.64 Å². The van der Waals surface area contributed by atoms with Gasteiger partial charge in [-0.05, 0) is 12.8 Å². The highest BCUT2D eigenvalue weighted by atomic mass is 16.5. The van der Waals surface area contributed by atoms with Crippen LogP contribution in [-0.4, -0.2) is 42.6 Å². The van der Waals surface area contributed by atoms with Crippen LogP contribution in [0.2, 0.25) is 0 Å². The van der Waals surface area contributed by atoms with E-state index in [1.54, 1.807) is 12.0 Å². The monoisotopic (exact) mass is 241 g/mol. The minimum Gasteiger partial charge on any atom is -0.383 e. The molecule has 0 radical (unpaired) electrons. The molecule has 0 spiro atoms. The summed E-state index contributed by atoms with van der Waals surface area (Å²) in [6, 6.07) is -0.158. The molecule has 1 rings (SSSR count). The maximum absolute atomic E-state index is 11.9. The fraction of sp³-hybridized carbons (Fsp3) is 0.833. The van der Waals surface area contributed by atoms with Crippen LogP contribution >= 0.6 is 0 Å². The van der Waals surface area contributed by atoms with Crippen LogP contribution < -0.4 is 5.32 Å². The van der Waals surface area contributed by atoms with Gasteiger partial charge in [0.15, 0.2) is 0 Å². The van der Waals surface area contributed by atoms with Crippen LogP contribution in [0.4, 0.5) is 4.79 Å². The average molecular weight is 241 g/mol. The van der Waals surface area contributed by atoms with Gasteiger partial charge in [0.1, 0.15) is 11.4 Å². The molecular formula is C12H23N3O2. The van der Waals surface area contributed by atoms with Crippen LogP contribution in [0.5, 0.6) is 0 Å². The molecule has 0 aromatic heterocycles. The highest BCUT2D eigenvalue weighted by Crippen LogP contribution is 2.31. The Morgan fingerprint density at radius 2 is 1.94 bits per heavy atom. The van der Waals surface area contributed by atoms with E-state index in [1.807, 2.05) is 0 Å². The molecular weight excluding hydrogens is 218 g/mol. The fourth-order valence-corrected chi connectivity index (χ4v) is 2.59.